The van der Waals surface area contributed by atoms with Crippen LogP contribution in [0, 0.1) is 0 Å². The normalized spacial score (nSPS) is 28.5. The van der Waals surface area contributed by atoms with Gasteiger partial charge in [0.1, 0.15) is 17.7 Å². The second-order valence-corrected chi connectivity index (χ2v) is 5.12. The zero-order chi connectivity index (χ0) is 15.9. The molecule has 10 heteroatoms. The van der Waals surface area contributed by atoms with Crippen LogP contribution in [0.2, 0.25) is 0 Å². The van der Waals surface area contributed by atoms with Crippen LogP contribution in [-0.4, -0.2) is 63.6 Å². The molecule has 0 amide bonds. The molecule has 2 unspecified atom stereocenters. The Bertz CT molecular complexity index is 676. The van der Waals surface area contributed by atoms with Gasteiger partial charge in [-0.3, -0.25) is 4.57 Å². The van der Waals surface area contributed by atoms with Gasteiger partial charge in [-0.2, -0.15) is 9.97 Å². The van der Waals surface area contributed by atoms with Gasteiger partial charge in [-0.15, -0.1) is 0 Å². The quantitative estimate of drug-likeness (QED) is 0.529. The number of anilines is 2. The van der Waals surface area contributed by atoms with Crippen LogP contribution < -0.4 is 16.8 Å². The molecule has 2 aromatic heterocycles. The van der Waals surface area contributed by atoms with E-state index in [1.807, 2.05) is 0 Å². The zero-order valence-corrected chi connectivity index (χ0v) is 12.3. The van der Waals surface area contributed by atoms with Gasteiger partial charge in [0.2, 0.25) is 5.95 Å². The number of hydrogen-bond acceptors (Lipinski definition) is 9. The van der Waals surface area contributed by atoms with E-state index in [2.05, 4.69) is 20.3 Å². The van der Waals surface area contributed by atoms with E-state index >= 15 is 0 Å². The average molecular weight is 309 g/mol. The first kappa shape index (κ1) is 14.9. The maximum absolute atomic E-state index is 10.5. The van der Waals surface area contributed by atoms with E-state index in [9.17, 15) is 5.11 Å². The van der Waals surface area contributed by atoms with Gasteiger partial charge in [0.15, 0.2) is 17.7 Å². The number of methoxy groups -OCH3 is 1. The fourth-order valence-corrected chi connectivity index (χ4v) is 2.78. The lowest BCUT2D eigenvalue weighted by Crippen LogP contribution is -2.43. The number of fused-ring (bicyclic) bond motifs is 1. The first-order valence-electron chi connectivity index (χ1n) is 6.82. The number of nitrogens with two attached hydrogens (primary N) is 2. The molecule has 0 aromatic carbocycles. The fourth-order valence-electron chi connectivity index (χ4n) is 2.78. The summed E-state index contributed by atoms with van der Waals surface area (Å²) in [4.78, 5) is 12.2. The molecule has 2 aromatic rings. The van der Waals surface area contributed by atoms with E-state index in [0.717, 1.165) is 0 Å². The lowest BCUT2D eigenvalue weighted by atomic mass is 10.1. The summed E-state index contributed by atoms with van der Waals surface area (Å²) in [6, 6.07) is -0.279. The molecule has 0 saturated carbocycles. The highest BCUT2D eigenvalue weighted by atomic mass is 16.6. The number of ether oxygens (including phenoxy) is 2. The van der Waals surface area contributed by atoms with Gasteiger partial charge in [-0.25, -0.2) is 4.98 Å². The second-order valence-electron chi connectivity index (χ2n) is 5.12. The Morgan fingerprint density at radius 3 is 2.91 bits per heavy atom. The van der Waals surface area contributed by atoms with Crippen LogP contribution in [0.3, 0.4) is 0 Å². The number of likely N-dealkylation sites (N-methyl/N-ethyl adjacent to an activating group) is 1. The van der Waals surface area contributed by atoms with E-state index in [-0.39, 0.29) is 23.9 Å². The van der Waals surface area contributed by atoms with Gasteiger partial charge >= 0.3 is 0 Å². The van der Waals surface area contributed by atoms with Crippen LogP contribution in [0.1, 0.15) is 6.23 Å². The molecule has 4 atom stereocenters. The van der Waals surface area contributed by atoms with E-state index in [0.29, 0.717) is 17.8 Å². The summed E-state index contributed by atoms with van der Waals surface area (Å²) in [5.41, 5.74) is 12.3. The highest BCUT2D eigenvalue weighted by molar-refractivity contribution is 5.82. The number of imidazole rings is 1. The lowest BCUT2D eigenvalue weighted by Gasteiger charge is -2.18. The van der Waals surface area contributed by atoms with Crippen LogP contribution in [0.25, 0.3) is 11.2 Å². The van der Waals surface area contributed by atoms with Crippen LogP contribution >= 0.6 is 0 Å². The summed E-state index contributed by atoms with van der Waals surface area (Å²) in [6.45, 7) is 0.352. The van der Waals surface area contributed by atoms with Crippen LogP contribution in [0.4, 0.5) is 11.8 Å². The van der Waals surface area contributed by atoms with Gasteiger partial charge in [0.25, 0.3) is 0 Å². The van der Waals surface area contributed by atoms with Crippen LogP contribution in [0.5, 0.6) is 0 Å². The molecule has 0 spiro atoms. The molecule has 3 rings (SSSR count). The number of rotatable bonds is 4. The van der Waals surface area contributed by atoms with Gasteiger partial charge in [0.05, 0.1) is 19.0 Å². The molecule has 3 heterocycles. The Morgan fingerprint density at radius 2 is 2.23 bits per heavy atom. The SMILES string of the molecule is CNC1C(O)[C@H](n2cnc3c(N)nc(N)nc32)O[C@@H]1COC. The standard InChI is InChI=1S/C12H19N7O3/c1-15-6-5(3-21-2)22-11(8(6)20)19-4-16-7-9(13)17-12(14)18-10(7)19/h4-6,8,11,15,20H,3H2,1-2H3,(H4,13,14,17,18)/t5-,6?,8?,11-/m1/s1. The Kier molecular flexibility index (Phi) is 3.83. The first-order chi connectivity index (χ1) is 10.6. The molecule has 22 heavy (non-hydrogen) atoms. The van der Waals surface area contributed by atoms with Crippen molar-refractivity contribution in [2.24, 2.45) is 0 Å². The minimum absolute atomic E-state index is 0.0397. The summed E-state index contributed by atoms with van der Waals surface area (Å²) in [5, 5.41) is 13.6. The van der Waals surface area contributed by atoms with Crippen molar-refractivity contribution >= 4 is 22.9 Å². The summed E-state index contributed by atoms with van der Waals surface area (Å²) >= 11 is 0. The van der Waals surface area contributed by atoms with Crippen molar-refractivity contribution in [1.82, 2.24) is 24.8 Å². The van der Waals surface area contributed by atoms with Crippen molar-refractivity contribution in [3.05, 3.63) is 6.33 Å². The van der Waals surface area contributed by atoms with Gasteiger partial charge < -0.3 is 31.4 Å². The minimum atomic E-state index is -0.806. The van der Waals surface area contributed by atoms with Gasteiger partial charge in [0, 0.05) is 7.11 Å². The topological polar surface area (TPSA) is 146 Å². The Labute approximate surface area is 126 Å². The van der Waals surface area contributed by atoms with E-state index in [1.165, 1.54) is 6.33 Å². The Morgan fingerprint density at radius 1 is 1.45 bits per heavy atom. The van der Waals surface area contributed by atoms with Crippen molar-refractivity contribution in [3.8, 4) is 0 Å². The summed E-state index contributed by atoms with van der Waals surface area (Å²) in [6.07, 6.45) is -0.273. The highest BCUT2D eigenvalue weighted by Crippen LogP contribution is 2.32. The maximum Gasteiger partial charge on any atom is 0.224 e. The van der Waals surface area contributed by atoms with Gasteiger partial charge in [-0.05, 0) is 7.05 Å². The smallest absolute Gasteiger partial charge is 0.224 e. The molecular weight excluding hydrogens is 290 g/mol. The number of nitrogens with one attached hydrogen (secondary N) is 1. The molecule has 10 nitrogen and oxygen atoms in total. The van der Waals surface area contributed by atoms with Gasteiger partial charge in [-0.1, -0.05) is 0 Å². The van der Waals surface area contributed by atoms with Crippen molar-refractivity contribution in [1.29, 1.82) is 0 Å². The number of nitrogen functional groups attached to an aromatic ring is 2. The number of hydrogen-bond donors (Lipinski definition) is 4. The number of aromatic nitrogens is 4. The predicted molar refractivity (Wildman–Crippen MR) is 78.8 cm³/mol. The molecule has 1 aliphatic heterocycles. The van der Waals surface area contributed by atoms with E-state index < -0.39 is 12.3 Å². The Balaban J connectivity index is 2.01. The molecule has 1 aliphatic rings. The first-order valence-corrected chi connectivity index (χ1v) is 6.82. The van der Waals surface area contributed by atoms with E-state index in [4.69, 9.17) is 20.9 Å². The molecular formula is C12H19N7O3. The molecule has 1 saturated heterocycles. The fraction of sp³-hybridized carbons (Fsp3) is 0.583. The number of aliphatic hydroxyl groups excluding tert-OH is 1. The minimum Gasteiger partial charge on any atom is -0.387 e. The second kappa shape index (κ2) is 5.65. The van der Waals surface area contributed by atoms with Crippen LogP contribution in [0.15, 0.2) is 6.33 Å². The zero-order valence-electron chi connectivity index (χ0n) is 12.3. The third-order valence-corrected chi connectivity index (χ3v) is 3.78. The van der Waals surface area contributed by atoms with E-state index in [1.54, 1.807) is 18.7 Å². The molecule has 0 radical (unpaired) electrons. The molecule has 1 fully saturated rings. The molecule has 0 aliphatic carbocycles. The molecule has 0 bridgehead atoms. The third-order valence-electron chi connectivity index (χ3n) is 3.78. The third kappa shape index (κ3) is 2.25. The Hall–Kier alpha value is -2.01. The largest absolute Gasteiger partial charge is 0.387 e. The lowest BCUT2D eigenvalue weighted by molar-refractivity contribution is -0.0545. The highest BCUT2D eigenvalue weighted by Gasteiger charge is 2.44. The van der Waals surface area contributed by atoms with Crippen LogP contribution in [-0.2, 0) is 9.47 Å². The molecule has 6 N–H and O–H groups in total. The number of aliphatic hydroxyl groups is 1. The van der Waals surface area contributed by atoms with Crippen molar-refractivity contribution in [3.63, 3.8) is 0 Å². The summed E-state index contributed by atoms with van der Waals surface area (Å²) in [5.74, 6) is 0.227. The predicted octanol–water partition coefficient (Wildman–Crippen LogP) is -1.52. The average Bonchev–Trinajstić information content (AvgIpc) is 3.01. The van der Waals surface area contributed by atoms with Crippen molar-refractivity contribution < 1.29 is 14.6 Å². The molecule has 120 valence electrons. The summed E-state index contributed by atoms with van der Waals surface area (Å²) in [7, 11) is 3.34. The maximum atomic E-state index is 10.5. The monoisotopic (exact) mass is 309 g/mol. The van der Waals surface area contributed by atoms with Crippen molar-refractivity contribution in [2.75, 3.05) is 32.2 Å². The summed E-state index contributed by atoms with van der Waals surface area (Å²) < 4.78 is 12.6. The van der Waals surface area contributed by atoms with Crippen molar-refractivity contribution in [2.45, 2.75) is 24.5 Å². The number of nitrogens with zero attached hydrogens (tertiary/aromatic N) is 4.